The Morgan fingerprint density at radius 1 is 0.809 bits per heavy atom. The number of unbranched alkanes of at least 4 members (excludes halogenated alkanes) is 9. The summed E-state index contributed by atoms with van der Waals surface area (Å²) < 4.78 is 76.0. The average Bonchev–Trinajstić information content (AvgIpc) is 3.04. The lowest BCUT2D eigenvalue weighted by Crippen LogP contribution is -2.49. The van der Waals surface area contributed by atoms with Crippen molar-refractivity contribution in [1.82, 2.24) is 0 Å². The van der Waals surface area contributed by atoms with Gasteiger partial charge in [-0.1, -0.05) is 96.3 Å². The fourth-order valence-corrected chi connectivity index (χ4v) is 8.56. The van der Waals surface area contributed by atoms with Crippen LogP contribution in [0.4, 0.5) is 22.0 Å². The van der Waals surface area contributed by atoms with Crippen LogP contribution in [0.1, 0.15) is 121 Å². The molecule has 1 aliphatic heterocycles. The van der Waals surface area contributed by atoms with Crippen LogP contribution in [0, 0.1) is 5.41 Å². The number of rotatable bonds is 20. The van der Waals surface area contributed by atoms with Gasteiger partial charge in [0.05, 0.1) is 19.6 Å². The third-order valence-electron chi connectivity index (χ3n) is 9.93. The number of benzene rings is 2. The minimum absolute atomic E-state index is 0.169. The van der Waals surface area contributed by atoms with E-state index in [1.807, 2.05) is 42.5 Å². The zero-order valence-electron chi connectivity index (χ0n) is 28.2. The van der Waals surface area contributed by atoms with Crippen molar-refractivity contribution in [1.29, 1.82) is 0 Å². The number of fused-ring (bicyclic) bond motifs is 1. The number of hydrogen-bond acceptors (Lipinski definition) is 4. The Balaban J connectivity index is 1.99. The van der Waals surface area contributed by atoms with Gasteiger partial charge < -0.3 is 14.6 Å². The number of hydrogen-bond donors (Lipinski definition) is 1. The highest BCUT2D eigenvalue weighted by Crippen LogP contribution is 2.60. The van der Waals surface area contributed by atoms with E-state index in [1.165, 1.54) is 6.42 Å². The van der Waals surface area contributed by atoms with Crippen molar-refractivity contribution in [3.8, 4) is 11.5 Å². The SMILES string of the molecule is CCCCCCCCCC(CCCCCCC(F)(F)C(F)(F)F)(C(=O)O)C1c2ccc(OC)cc2SCC1(C)c1ccc(OC)cc1. The smallest absolute Gasteiger partial charge is 0.453 e. The number of thioether (sulfide) groups is 1. The fourth-order valence-electron chi connectivity index (χ4n) is 7.22. The van der Waals surface area contributed by atoms with Crippen molar-refractivity contribution in [2.24, 2.45) is 5.41 Å². The molecule has 2 aromatic rings. The first-order valence-electron chi connectivity index (χ1n) is 16.9. The molecule has 0 saturated heterocycles. The van der Waals surface area contributed by atoms with Crippen LogP contribution >= 0.6 is 11.8 Å². The van der Waals surface area contributed by atoms with E-state index in [2.05, 4.69) is 13.8 Å². The molecule has 2 aromatic carbocycles. The Labute approximate surface area is 281 Å². The summed E-state index contributed by atoms with van der Waals surface area (Å²) in [6, 6.07) is 13.6. The molecule has 0 amide bonds. The Kier molecular flexibility index (Phi) is 14.3. The van der Waals surface area contributed by atoms with Crippen LogP contribution in [0.2, 0.25) is 0 Å². The van der Waals surface area contributed by atoms with E-state index in [1.54, 1.807) is 26.0 Å². The van der Waals surface area contributed by atoms with Crippen molar-refractivity contribution in [2.75, 3.05) is 20.0 Å². The van der Waals surface area contributed by atoms with Crippen molar-refractivity contribution in [3.63, 3.8) is 0 Å². The maximum atomic E-state index is 13.8. The summed E-state index contributed by atoms with van der Waals surface area (Å²) in [7, 11) is 3.20. The number of ether oxygens (including phenoxy) is 2. The molecule has 3 atom stereocenters. The van der Waals surface area contributed by atoms with Crippen molar-refractivity contribution in [3.05, 3.63) is 53.6 Å². The first-order valence-corrected chi connectivity index (χ1v) is 17.9. The molecule has 0 saturated carbocycles. The van der Waals surface area contributed by atoms with Gasteiger partial charge in [0.25, 0.3) is 0 Å². The molecule has 1 N–H and O–H groups in total. The highest BCUT2D eigenvalue weighted by Gasteiger charge is 2.57. The minimum Gasteiger partial charge on any atom is -0.497 e. The van der Waals surface area contributed by atoms with Crippen LogP contribution in [0.5, 0.6) is 11.5 Å². The average molecular weight is 687 g/mol. The number of carbonyl (C=O) groups is 1. The first-order chi connectivity index (χ1) is 22.3. The largest absolute Gasteiger partial charge is 0.497 e. The van der Waals surface area contributed by atoms with Gasteiger partial charge in [-0.2, -0.15) is 22.0 Å². The number of carboxylic acid groups (broad SMARTS) is 1. The number of carboxylic acids is 1. The van der Waals surface area contributed by atoms with E-state index in [0.717, 1.165) is 54.5 Å². The maximum absolute atomic E-state index is 13.8. The van der Waals surface area contributed by atoms with Crippen LogP contribution in [0.25, 0.3) is 0 Å². The first kappa shape index (κ1) is 39.0. The van der Waals surface area contributed by atoms with Gasteiger partial charge in [0, 0.05) is 28.4 Å². The molecule has 3 unspecified atom stereocenters. The van der Waals surface area contributed by atoms with Crippen LogP contribution in [-0.2, 0) is 10.2 Å². The van der Waals surface area contributed by atoms with Crippen LogP contribution in [0.3, 0.4) is 0 Å². The van der Waals surface area contributed by atoms with Gasteiger partial charge in [0.15, 0.2) is 0 Å². The summed E-state index contributed by atoms with van der Waals surface area (Å²) in [6.45, 7) is 4.29. The Hall–Kier alpha value is -2.49. The van der Waals surface area contributed by atoms with E-state index in [0.29, 0.717) is 42.9 Å². The predicted molar refractivity (Wildman–Crippen MR) is 178 cm³/mol. The molecule has 1 aliphatic rings. The molecule has 0 aliphatic carbocycles. The maximum Gasteiger partial charge on any atom is 0.453 e. The molecule has 0 bridgehead atoms. The second kappa shape index (κ2) is 17.3. The summed E-state index contributed by atoms with van der Waals surface area (Å²) in [5.41, 5.74) is 0.151. The molecule has 1 heterocycles. The van der Waals surface area contributed by atoms with Gasteiger partial charge in [0.1, 0.15) is 11.5 Å². The zero-order valence-corrected chi connectivity index (χ0v) is 29.0. The highest BCUT2D eigenvalue weighted by atomic mass is 32.2. The normalized spacial score (nSPS) is 19.6. The molecule has 0 fully saturated rings. The second-order valence-corrected chi connectivity index (χ2v) is 14.2. The van der Waals surface area contributed by atoms with Crippen LogP contribution in [0.15, 0.2) is 47.4 Å². The summed E-state index contributed by atoms with van der Waals surface area (Å²) in [5, 5.41) is 11.3. The molecular weight excluding hydrogens is 635 g/mol. The van der Waals surface area contributed by atoms with Gasteiger partial charge in [-0.15, -0.1) is 11.8 Å². The molecule has 10 heteroatoms. The van der Waals surface area contributed by atoms with Crippen LogP contribution in [-0.4, -0.2) is 43.1 Å². The molecular formula is C37H51F5O4S. The quantitative estimate of drug-likeness (QED) is 0.111. The zero-order chi connectivity index (χ0) is 34.7. The van der Waals surface area contributed by atoms with E-state index in [-0.39, 0.29) is 12.8 Å². The van der Waals surface area contributed by atoms with Crippen molar-refractivity contribution >= 4 is 17.7 Å². The van der Waals surface area contributed by atoms with E-state index in [4.69, 9.17) is 9.47 Å². The fraction of sp³-hybridized carbons (Fsp3) is 0.649. The van der Waals surface area contributed by atoms with Gasteiger partial charge in [-0.25, -0.2) is 0 Å². The lowest BCUT2D eigenvalue weighted by Gasteiger charge is -2.51. The van der Waals surface area contributed by atoms with Gasteiger partial charge in [-0.3, -0.25) is 4.79 Å². The third kappa shape index (κ3) is 9.57. The molecule has 4 nitrogen and oxygen atoms in total. The third-order valence-corrected chi connectivity index (χ3v) is 11.3. The number of halogens is 5. The number of aliphatic carboxylic acids is 1. The van der Waals surface area contributed by atoms with E-state index >= 15 is 0 Å². The summed E-state index contributed by atoms with van der Waals surface area (Å²) in [5.74, 6) is -4.04. The van der Waals surface area contributed by atoms with E-state index < -0.39 is 41.2 Å². The molecule has 0 spiro atoms. The van der Waals surface area contributed by atoms with Crippen molar-refractivity contribution in [2.45, 2.75) is 132 Å². The molecule has 0 aromatic heterocycles. The van der Waals surface area contributed by atoms with Gasteiger partial charge in [0.2, 0.25) is 0 Å². The Bertz CT molecular complexity index is 1270. The predicted octanol–water partition coefficient (Wildman–Crippen LogP) is 11.6. The molecule has 0 radical (unpaired) electrons. The number of alkyl halides is 5. The van der Waals surface area contributed by atoms with Gasteiger partial charge >= 0.3 is 18.1 Å². The minimum atomic E-state index is -5.57. The number of methoxy groups -OCH3 is 2. The highest BCUT2D eigenvalue weighted by molar-refractivity contribution is 7.99. The van der Waals surface area contributed by atoms with Crippen molar-refractivity contribution < 1.29 is 41.3 Å². The summed E-state index contributed by atoms with van der Waals surface area (Å²) >= 11 is 1.67. The monoisotopic (exact) mass is 686 g/mol. The summed E-state index contributed by atoms with van der Waals surface area (Å²) in [6.07, 6.45) is 1.79. The topological polar surface area (TPSA) is 55.8 Å². The Morgan fingerprint density at radius 2 is 1.32 bits per heavy atom. The summed E-state index contributed by atoms with van der Waals surface area (Å²) in [4.78, 5) is 14.7. The standard InChI is InChI=1S/C37H51F5O4S/c1-5-6-7-8-9-10-13-22-35(33(43)44,23-14-11-12-15-24-36(38,39)37(40,41)42)32-30-21-20-29(46-4)25-31(30)47-26-34(32,2)27-16-18-28(45-3)19-17-27/h16-21,25,32H,5-15,22-24,26H2,1-4H3,(H,43,44). The van der Waals surface area contributed by atoms with Crippen LogP contribution < -0.4 is 9.47 Å². The van der Waals surface area contributed by atoms with E-state index in [9.17, 15) is 31.9 Å². The molecule has 47 heavy (non-hydrogen) atoms. The van der Waals surface area contributed by atoms with Gasteiger partial charge in [-0.05, 0) is 54.7 Å². The lowest BCUT2D eigenvalue weighted by molar-refractivity contribution is -0.284. The molecule has 264 valence electrons. The lowest BCUT2D eigenvalue weighted by atomic mass is 9.55. The Morgan fingerprint density at radius 3 is 1.83 bits per heavy atom. The molecule has 3 rings (SSSR count). The second-order valence-electron chi connectivity index (χ2n) is 13.2.